The van der Waals surface area contributed by atoms with Crippen LogP contribution in [0.4, 0.5) is 10.5 Å². The first-order valence-electron chi connectivity index (χ1n) is 10.2. The fraction of sp³-hybridized carbons (Fsp3) is 0.545. The van der Waals surface area contributed by atoms with E-state index in [9.17, 15) is 9.59 Å². The molecule has 1 aromatic carbocycles. The van der Waals surface area contributed by atoms with Crippen LogP contribution in [0.5, 0.6) is 0 Å². The minimum absolute atomic E-state index is 0.313. The number of benzene rings is 1. The molecule has 2 atom stereocenters. The summed E-state index contributed by atoms with van der Waals surface area (Å²) in [5, 5.41) is 5.55. The van der Waals surface area contributed by atoms with Crippen LogP contribution in [0.3, 0.4) is 0 Å². The number of allylic oxidation sites excluding steroid dienone is 1. The van der Waals surface area contributed by atoms with Gasteiger partial charge in [0.15, 0.2) is 0 Å². The van der Waals surface area contributed by atoms with Gasteiger partial charge in [0.25, 0.3) is 0 Å². The van der Waals surface area contributed by atoms with Crippen molar-refractivity contribution in [1.82, 2.24) is 10.6 Å². The van der Waals surface area contributed by atoms with Crippen LogP contribution in [0.2, 0.25) is 0 Å². The Morgan fingerprint density at radius 2 is 1.82 bits per heavy atom. The van der Waals surface area contributed by atoms with E-state index in [1.165, 1.54) is 0 Å². The molecule has 28 heavy (non-hydrogen) atoms. The number of esters is 1. The first kappa shape index (κ1) is 21.8. The van der Waals surface area contributed by atoms with Crippen LogP contribution in [0.25, 0.3) is 0 Å². The maximum Gasteiger partial charge on any atom is 0.338 e. The third-order valence-electron chi connectivity index (χ3n) is 5.12. The minimum atomic E-state index is -0.520. The number of hydrogen-bond donors (Lipinski definition) is 2. The summed E-state index contributed by atoms with van der Waals surface area (Å²) < 4.78 is 5.55. The van der Waals surface area contributed by atoms with Crippen molar-refractivity contribution in [3.8, 4) is 0 Å². The largest absolute Gasteiger partial charge is 0.462 e. The molecule has 154 valence electrons. The second kappa shape index (κ2) is 10.2. The summed E-state index contributed by atoms with van der Waals surface area (Å²) in [5.74, 6) is -0.0708. The van der Waals surface area contributed by atoms with Gasteiger partial charge in [-0.05, 0) is 50.8 Å². The lowest BCUT2D eigenvalue weighted by atomic mass is 9.95. The van der Waals surface area contributed by atoms with Gasteiger partial charge < -0.3 is 20.3 Å². The van der Waals surface area contributed by atoms with Gasteiger partial charge in [0, 0.05) is 24.5 Å². The van der Waals surface area contributed by atoms with Crippen LogP contribution in [0.15, 0.2) is 35.5 Å². The molecule has 0 aliphatic carbocycles. The molecule has 6 heteroatoms. The molecule has 0 saturated carbocycles. The number of carbonyl (C=O) groups excluding carboxylic acids is 2. The summed E-state index contributed by atoms with van der Waals surface area (Å²) in [6.07, 6.45) is 2.07. The van der Waals surface area contributed by atoms with Gasteiger partial charge in [0.2, 0.25) is 0 Å². The molecular weight excluding hydrogens is 354 g/mol. The van der Waals surface area contributed by atoms with E-state index in [1.54, 1.807) is 6.92 Å². The third-order valence-corrected chi connectivity index (χ3v) is 5.12. The molecule has 1 aromatic rings. The Labute approximate surface area is 168 Å². The van der Waals surface area contributed by atoms with E-state index in [-0.39, 0.29) is 12.0 Å². The second-order valence-electron chi connectivity index (χ2n) is 7.33. The van der Waals surface area contributed by atoms with Crippen LogP contribution >= 0.6 is 0 Å². The molecule has 1 aliphatic heterocycles. The van der Waals surface area contributed by atoms with Crippen molar-refractivity contribution in [3.63, 3.8) is 0 Å². The van der Waals surface area contributed by atoms with Crippen LogP contribution in [0, 0.1) is 5.92 Å². The molecule has 1 aliphatic rings. The highest BCUT2D eigenvalue weighted by Gasteiger charge is 2.32. The highest BCUT2D eigenvalue weighted by atomic mass is 16.5. The van der Waals surface area contributed by atoms with E-state index in [2.05, 4.69) is 43.2 Å². The molecule has 2 rings (SSSR count). The summed E-state index contributed by atoms with van der Waals surface area (Å²) in [7, 11) is 0. The topological polar surface area (TPSA) is 70.7 Å². The fourth-order valence-electron chi connectivity index (χ4n) is 3.55. The van der Waals surface area contributed by atoms with Crippen molar-refractivity contribution in [2.75, 3.05) is 24.6 Å². The number of hydrogen-bond acceptors (Lipinski definition) is 4. The van der Waals surface area contributed by atoms with Gasteiger partial charge in [-0.3, -0.25) is 0 Å². The van der Waals surface area contributed by atoms with Gasteiger partial charge >= 0.3 is 12.0 Å². The molecular formula is C22H33N3O3. The van der Waals surface area contributed by atoms with Crippen LogP contribution < -0.4 is 15.5 Å². The molecule has 0 spiro atoms. The lowest BCUT2D eigenvalue weighted by Crippen LogP contribution is -2.45. The van der Waals surface area contributed by atoms with Crippen molar-refractivity contribution >= 4 is 17.7 Å². The number of rotatable bonds is 9. The monoisotopic (exact) mass is 387 g/mol. The zero-order valence-electron chi connectivity index (χ0n) is 17.7. The van der Waals surface area contributed by atoms with E-state index >= 15 is 0 Å². The normalized spacial score (nSPS) is 17.6. The molecule has 0 radical (unpaired) electrons. The average Bonchev–Trinajstić information content (AvgIpc) is 2.67. The van der Waals surface area contributed by atoms with E-state index in [0.29, 0.717) is 23.8 Å². The van der Waals surface area contributed by atoms with E-state index in [0.717, 1.165) is 37.2 Å². The number of urea groups is 1. The Hall–Kier alpha value is -2.50. The highest BCUT2D eigenvalue weighted by Crippen LogP contribution is 2.29. The lowest BCUT2D eigenvalue weighted by molar-refractivity contribution is -0.140. The number of amides is 2. The minimum Gasteiger partial charge on any atom is -0.462 e. The van der Waals surface area contributed by atoms with Crippen molar-refractivity contribution < 1.29 is 14.3 Å². The van der Waals surface area contributed by atoms with Crippen molar-refractivity contribution in [3.05, 3.63) is 41.1 Å². The first-order chi connectivity index (χ1) is 13.4. The lowest BCUT2D eigenvalue weighted by Gasteiger charge is -2.29. The van der Waals surface area contributed by atoms with Crippen LogP contribution in [-0.4, -0.2) is 31.7 Å². The number of carbonyl (C=O) groups is 2. The number of anilines is 1. The van der Waals surface area contributed by atoms with Crippen LogP contribution in [0.1, 0.15) is 59.1 Å². The Morgan fingerprint density at radius 3 is 2.39 bits per heavy atom. The molecule has 6 nitrogen and oxygen atoms in total. The van der Waals surface area contributed by atoms with E-state index in [1.807, 2.05) is 24.3 Å². The zero-order chi connectivity index (χ0) is 20.7. The summed E-state index contributed by atoms with van der Waals surface area (Å²) in [5.41, 5.74) is 2.97. The maximum atomic E-state index is 12.8. The van der Waals surface area contributed by atoms with Gasteiger partial charge in [-0.2, -0.15) is 0 Å². The van der Waals surface area contributed by atoms with Crippen molar-refractivity contribution in [1.29, 1.82) is 0 Å². The third kappa shape index (κ3) is 5.27. The zero-order valence-corrected chi connectivity index (χ0v) is 17.7. The second-order valence-corrected chi connectivity index (χ2v) is 7.33. The molecule has 1 heterocycles. The standard InChI is InChI=1S/C22H33N3O3/c1-6-9-15(4)14-28-21(26)19-16(5)23-22(27)24-20(19)17-10-12-18(13-11-17)25(7-2)8-3/h10-13,15,20H,6-9,14H2,1-5H3,(H2,23,24,27)/t15-,20-/m0/s1. The number of ether oxygens (including phenoxy) is 1. The van der Waals surface area contributed by atoms with Gasteiger partial charge in [0.1, 0.15) is 0 Å². The molecule has 0 bridgehead atoms. The highest BCUT2D eigenvalue weighted by molar-refractivity contribution is 5.95. The van der Waals surface area contributed by atoms with Crippen molar-refractivity contribution in [2.45, 2.75) is 53.5 Å². The molecule has 0 fully saturated rings. The quantitative estimate of drug-likeness (QED) is 0.625. The van der Waals surface area contributed by atoms with Crippen LogP contribution in [-0.2, 0) is 9.53 Å². The van der Waals surface area contributed by atoms with Crippen molar-refractivity contribution in [2.24, 2.45) is 5.92 Å². The molecule has 0 saturated heterocycles. The Morgan fingerprint density at radius 1 is 1.18 bits per heavy atom. The predicted octanol–water partition coefficient (Wildman–Crippen LogP) is 4.14. The smallest absolute Gasteiger partial charge is 0.338 e. The SMILES string of the molecule is CCC[C@H](C)COC(=O)C1=C(C)NC(=O)N[C@H]1c1ccc(N(CC)CC)cc1. The Balaban J connectivity index is 2.23. The Bertz CT molecular complexity index is 708. The number of nitrogens with one attached hydrogen (secondary N) is 2. The molecule has 2 N–H and O–H groups in total. The maximum absolute atomic E-state index is 12.8. The van der Waals surface area contributed by atoms with E-state index < -0.39 is 6.04 Å². The average molecular weight is 388 g/mol. The predicted molar refractivity (Wildman–Crippen MR) is 112 cm³/mol. The van der Waals surface area contributed by atoms with E-state index in [4.69, 9.17) is 4.74 Å². The Kier molecular flexibility index (Phi) is 7.91. The molecule has 0 unspecified atom stereocenters. The fourth-order valence-corrected chi connectivity index (χ4v) is 3.55. The van der Waals surface area contributed by atoms with Gasteiger partial charge in [0.05, 0.1) is 18.2 Å². The molecule has 2 amide bonds. The number of nitrogens with zero attached hydrogens (tertiary/aromatic N) is 1. The summed E-state index contributed by atoms with van der Waals surface area (Å²) in [6.45, 7) is 12.4. The summed E-state index contributed by atoms with van der Waals surface area (Å²) in [4.78, 5) is 27.1. The molecule has 0 aromatic heterocycles. The van der Waals surface area contributed by atoms with Gasteiger partial charge in [-0.25, -0.2) is 9.59 Å². The van der Waals surface area contributed by atoms with Gasteiger partial charge in [-0.15, -0.1) is 0 Å². The van der Waals surface area contributed by atoms with Gasteiger partial charge in [-0.1, -0.05) is 32.4 Å². The summed E-state index contributed by atoms with van der Waals surface area (Å²) >= 11 is 0. The summed E-state index contributed by atoms with van der Waals surface area (Å²) in [6, 6.07) is 7.14. The first-order valence-corrected chi connectivity index (χ1v) is 10.2.